The van der Waals surface area contributed by atoms with Gasteiger partial charge >= 0.3 is 0 Å². The summed E-state index contributed by atoms with van der Waals surface area (Å²) in [5.41, 5.74) is 5.50. The van der Waals surface area contributed by atoms with Crippen molar-refractivity contribution in [2.24, 2.45) is 5.73 Å². The summed E-state index contributed by atoms with van der Waals surface area (Å²) in [7, 11) is 0. The molecular formula is C24H16F3N5O3. The number of anilines is 3. The molecule has 0 aliphatic heterocycles. The van der Waals surface area contributed by atoms with Crippen molar-refractivity contribution in [3.05, 3.63) is 102 Å². The van der Waals surface area contributed by atoms with Gasteiger partial charge < -0.3 is 21.1 Å². The average molecular weight is 479 g/mol. The Morgan fingerprint density at radius 1 is 0.886 bits per heavy atom. The lowest BCUT2D eigenvalue weighted by Gasteiger charge is -2.13. The standard InChI is InChI=1S/C24H16F3N5O3/c25-13-1-3-20(17(26)9-13)32-24(34)16-12-29-7-6-19(16)31-14-2-4-22(18(27)10-14)35-15-5-8-30-21(11-15)23(28)33/h1-12H,(H2,28,33)(H,29,31)(H,32,34). The Morgan fingerprint density at radius 3 is 2.46 bits per heavy atom. The third-order valence-corrected chi connectivity index (χ3v) is 4.67. The highest BCUT2D eigenvalue weighted by molar-refractivity contribution is 6.08. The molecule has 0 spiro atoms. The minimum absolute atomic E-state index is 0.0349. The zero-order valence-corrected chi connectivity index (χ0v) is 17.8. The minimum atomic E-state index is -0.938. The highest BCUT2D eigenvalue weighted by atomic mass is 19.1. The van der Waals surface area contributed by atoms with E-state index in [0.29, 0.717) is 6.07 Å². The van der Waals surface area contributed by atoms with Crippen LogP contribution in [0.1, 0.15) is 20.8 Å². The zero-order valence-electron chi connectivity index (χ0n) is 17.8. The van der Waals surface area contributed by atoms with Crippen LogP contribution in [0, 0.1) is 17.5 Å². The molecule has 2 aromatic heterocycles. The summed E-state index contributed by atoms with van der Waals surface area (Å²) in [5, 5.41) is 5.25. The largest absolute Gasteiger partial charge is 0.454 e. The number of amides is 2. The summed E-state index contributed by atoms with van der Waals surface area (Å²) in [6.45, 7) is 0. The summed E-state index contributed by atoms with van der Waals surface area (Å²) in [5.74, 6) is -3.89. The number of pyridine rings is 2. The van der Waals surface area contributed by atoms with Crippen LogP contribution in [-0.4, -0.2) is 21.8 Å². The number of carbonyl (C=O) groups is 2. The van der Waals surface area contributed by atoms with Crippen LogP contribution < -0.4 is 21.1 Å². The third-order valence-electron chi connectivity index (χ3n) is 4.67. The van der Waals surface area contributed by atoms with E-state index < -0.39 is 29.3 Å². The molecular weight excluding hydrogens is 463 g/mol. The number of rotatable bonds is 7. The average Bonchev–Trinajstić information content (AvgIpc) is 2.83. The summed E-state index contributed by atoms with van der Waals surface area (Å²) in [4.78, 5) is 31.6. The van der Waals surface area contributed by atoms with Crippen molar-refractivity contribution in [3.63, 3.8) is 0 Å². The van der Waals surface area contributed by atoms with Crippen LogP contribution in [0.3, 0.4) is 0 Å². The molecule has 2 amide bonds. The van der Waals surface area contributed by atoms with Gasteiger partial charge in [-0.25, -0.2) is 13.2 Å². The number of carbonyl (C=O) groups excluding carboxylic acids is 2. The number of ether oxygens (including phenoxy) is 1. The molecule has 4 rings (SSSR count). The minimum Gasteiger partial charge on any atom is -0.454 e. The Labute approximate surface area is 196 Å². The molecule has 0 unspecified atom stereocenters. The highest BCUT2D eigenvalue weighted by Gasteiger charge is 2.16. The van der Waals surface area contributed by atoms with Gasteiger partial charge in [0.05, 0.1) is 16.9 Å². The molecule has 0 saturated heterocycles. The summed E-state index contributed by atoms with van der Waals surface area (Å²) < 4.78 is 47.2. The van der Waals surface area contributed by atoms with Crippen molar-refractivity contribution in [2.45, 2.75) is 0 Å². The van der Waals surface area contributed by atoms with E-state index in [0.717, 1.165) is 18.2 Å². The molecule has 0 aliphatic carbocycles. The van der Waals surface area contributed by atoms with Gasteiger partial charge in [-0.2, -0.15) is 0 Å². The topological polar surface area (TPSA) is 119 Å². The van der Waals surface area contributed by atoms with E-state index in [-0.39, 0.29) is 39.8 Å². The lowest BCUT2D eigenvalue weighted by molar-refractivity contribution is 0.0993. The van der Waals surface area contributed by atoms with Gasteiger partial charge in [0.25, 0.3) is 11.8 Å². The number of hydrogen-bond acceptors (Lipinski definition) is 6. The Kier molecular flexibility index (Phi) is 6.58. The second kappa shape index (κ2) is 9.91. The van der Waals surface area contributed by atoms with E-state index in [1.54, 1.807) is 0 Å². The SMILES string of the molecule is NC(=O)c1cc(Oc2ccc(Nc3ccncc3C(=O)Nc3ccc(F)cc3F)cc2F)ccn1. The second-order valence-corrected chi connectivity index (χ2v) is 7.11. The highest BCUT2D eigenvalue weighted by Crippen LogP contribution is 2.29. The number of nitrogens with one attached hydrogen (secondary N) is 2. The molecule has 0 radical (unpaired) electrons. The fourth-order valence-corrected chi connectivity index (χ4v) is 3.02. The molecule has 0 fully saturated rings. The number of nitrogens with two attached hydrogens (primary N) is 1. The van der Waals surface area contributed by atoms with Crippen LogP contribution in [0.25, 0.3) is 0 Å². The van der Waals surface area contributed by atoms with Crippen LogP contribution in [0.5, 0.6) is 11.5 Å². The molecule has 35 heavy (non-hydrogen) atoms. The maximum absolute atomic E-state index is 14.7. The fraction of sp³-hybridized carbons (Fsp3) is 0. The molecule has 0 atom stereocenters. The molecule has 8 nitrogen and oxygen atoms in total. The van der Waals surface area contributed by atoms with E-state index >= 15 is 0 Å². The Hall–Kier alpha value is -4.93. The first-order valence-corrected chi connectivity index (χ1v) is 10.0. The van der Waals surface area contributed by atoms with Gasteiger partial charge in [0, 0.05) is 42.5 Å². The molecule has 11 heteroatoms. The van der Waals surface area contributed by atoms with Crippen LogP contribution in [-0.2, 0) is 0 Å². The van der Waals surface area contributed by atoms with Gasteiger partial charge in [0.2, 0.25) is 0 Å². The van der Waals surface area contributed by atoms with E-state index in [2.05, 4.69) is 20.6 Å². The molecule has 4 N–H and O–H groups in total. The molecule has 2 aromatic carbocycles. The number of primary amides is 1. The quantitative estimate of drug-likeness (QED) is 0.351. The van der Waals surface area contributed by atoms with Crippen LogP contribution >= 0.6 is 0 Å². The monoisotopic (exact) mass is 479 g/mol. The number of halogens is 3. The van der Waals surface area contributed by atoms with Crippen molar-refractivity contribution in [1.82, 2.24) is 9.97 Å². The lowest BCUT2D eigenvalue weighted by atomic mass is 10.2. The van der Waals surface area contributed by atoms with Crippen molar-refractivity contribution < 1.29 is 27.5 Å². The Balaban J connectivity index is 1.52. The van der Waals surface area contributed by atoms with Crippen LogP contribution in [0.4, 0.5) is 30.2 Å². The lowest BCUT2D eigenvalue weighted by Crippen LogP contribution is -2.15. The maximum atomic E-state index is 14.7. The molecule has 2 heterocycles. The van der Waals surface area contributed by atoms with Gasteiger partial charge in [-0.15, -0.1) is 0 Å². The Bertz CT molecular complexity index is 1430. The van der Waals surface area contributed by atoms with E-state index in [4.69, 9.17) is 10.5 Å². The van der Waals surface area contributed by atoms with Gasteiger partial charge in [0.15, 0.2) is 11.6 Å². The van der Waals surface area contributed by atoms with E-state index in [9.17, 15) is 22.8 Å². The third kappa shape index (κ3) is 5.53. The van der Waals surface area contributed by atoms with Crippen molar-refractivity contribution in [1.29, 1.82) is 0 Å². The molecule has 0 saturated carbocycles. The van der Waals surface area contributed by atoms with E-state index in [1.165, 1.54) is 48.9 Å². The number of benzene rings is 2. The summed E-state index contributed by atoms with van der Waals surface area (Å²) in [6.07, 6.45) is 3.95. The summed E-state index contributed by atoms with van der Waals surface area (Å²) in [6, 6.07) is 10.9. The normalized spacial score (nSPS) is 10.5. The van der Waals surface area contributed by atoms with Crippen LogP contribution in [0.15, 0.2) is 73.2 Å². The van der Waals surface area contributed by atoms with Gasteiger partial charge in [0.1, 0.15) is 23.1 Å². The van der Waals surface area contributed by atoms with Crippen molar-refractivity contribution in [2.75, 3.05) is 10.6 Å². The predicted molar refractivity (Wildman–Crippen MR) is 121 cm³/mol. The number of hydrogen-bond donors (Lipinski definition) is 3. The van der Waals surface area contributed by atoms with Crippen molar-refractivity contribution >= 4 is 28.9 Å². The van der Waals surface area contributed by atoms with Gasteiger partial charge in [-0.05, 0) is 36.4 Å². The maximum Gasteiger partial charge on any atom is 0.267 e. The molecule has 4 aromatic rings. The second-order valence-electron chi connectivity index (χ2n) is 7.11. The zero-order chi connectivity index (χ0) is 24.9. The first-order chi connectivity index (χ1) is 16.8. The molecule has 0 bridgehead atoms. The molecule has 0 aliphatic rings. The van der Waals surface area contributed by atoms with Gasteiger partial charge in [-0.1, -0.05) is 0 Å². The number of nitrogens with zero attached hydrogens (tertiary/aromatic N) is 2. The Morgan fingerprint density at radius 2 is 1.71 bits per heavy atom. The first kappa shape index (κ1) is 23.2. The smallest absolute Gasteiger partial charge is 0.267 e. The number of aromatic nitrogens is 2. The van der Waals surface area contributed by atoms with Crippen molar-refractivity contribution in [3.8, 4) is 11.5 Å². The first-order valence-electron chi connectivity index (χ1n) is 10.0. The van der Waals surface area contributed by atoms with E-state index in [1.807, 2.05) is 0 Å². The fourth-order valence-electron chi connectivity index (χ4n) is 3.02. The van der Waals surface area contributed by atoms with Crippen LogP contribution in [0.2, 0.25) is 0 Å². The summed E-state index contributed by atoms with van der Waals surface area (Å²) >= 11 is 0. The van der Waals surface area contributed by atoms with Gasteiger partial charge in [-0.3, -0.25) is 19.6 Å². The predicted octanol–water partition coefficient (Wildman–Crippen LogP) is 4.78. The molecule has 176 valence electrons.